The zero-order valence-electron chi connectivity index (χ0n) is 21.2. The molecule has 0 radical (unpaired) electrons. The second-order valence-corrected chi connectivity index (χ2v) is 13.2. The summed E-state index contributed by atoms with van der Waals surface area (Å²) in [5.74, 6) is 0.338. The fraction of sp³-hybridized carbons (Fsp3) is 0.462. The van der Waals surface area contributed by atoms with E-state index in [1.54, 1.807) is 33.5 Å². The molecule has 0 atom stereocenters. The van der Waals surface area contributed by atoms with Gasteiger partial charge in [0.05, 0.1) is 15.1 Å². The molecule has 2 heterocycles. The molecule has 0 aliphatic carbocycles. The van der Waals surface area contributed by atoms with Gasteiger partial charge in [-0.05, 0) is 94.7 Å². The molecule has 1 aromatic heterocycles. The van der Waals surface area contributed by atoms with Crippen molar-refractivity contribution in [1.29, 1.82) is 0 Å². The zero-order valence-corrected chi connectivity index (χ0v) is 23.6. The summed E-state index contributed by atoms with van der Waals surface area (Å²) >= 11 is 7.68. The lowest BCUT2D eigenvalue weighted by Crippen LogP contribution is -2.38. The van der Waals surface area contributed by atoms with Crippen LogP contribution >= 0.6 is 22.9 Å². The first-order chi connectivity index (χ1) is 17.1. The molecule has 1 fully saturated rings. The number of nitrogens with zero attached hydrogens (tertiary/aromatic N) is 4. The van der Waals surface area contributed by atoms with E-state index in [2.05, 4.69) is 11.8 Å². The van der Waals surface area contributed by atoms with Crippen molar-refractivity contribution in [3.8, 4) is 0 Å². The third-order valence-corrected chi connectivity index (χ3v) is 9.74. The molecule has 10 heteroatoms. The summed E-state index contributed by atoms with van der Waals surface area (Å²) in [6.45, 7) is 6.49. The average molecular weight is 549 g/mol. The Kier molecular flexibility index (Phi) is 8.36. The highest BCUT2D eigenvalue weighted by Crippen LogP contribution is 2.34. The highest BCUT2D eigenvalue weighted by atomic mass is 35.5. The van der Waals surface area contributed by atoms with Gasteiger partial charge < -0.3 is 4.90 Å². The van der Waals surface area contributed by atoms with E-state index in [4.69, 9.17) is 16.6 Å². The molecule has 1 aliphatic heterocycles. The molecule has 0 N–H and O–H groups in total. The molecule has 0 unspecified atom stereocenters. The van der Waals surface area contributed by atoms with Crippen molar-refractivity contribution >= 4 is 54.2 Å². The number of hydrogen-bond acceptors (Lipinski definition) is 6. The molecule has 3 aromatic rings. The summed E-state index contributed by atoms with van der Waals surface area (Å²) in [7, 11) is 0.425. The standard InChI is InChI=1S/C26H33ClN4O3S2/c1-18-10-14-30(15-11-18)36(33,34)22-8-6-20(7-9-22)25(32)31(13-5-12-29(3)4)26-28-24-19(2)16-21(27)17-23(24)35-26/h6-9,16-18H,5,10-15H2,1-4H3. The zero-order chi connectivity index (χ0) is 26.0. The van der Waals surface area contributed by atoms with Gasteiger partial charge >= 0.3 is 0 Å². The number of aromatic nitrogens is 1. The Labute approximate surface area is 222 Å². The number of carbonyl (C=O) groups excluding carboxylic acids is 1. The molecule has 1 amide bonds. The van der Waals surface area contributed by atoms with Crippen molar-refractivity contribution in [3.63, 3.8) is 0 Å². The lowest BCUT2D eigenvalue weighted by Gasteiger charge is -2.29. The van der Waals surface area contributed by atoms with Crippen molar-refractivity contribution < 1.29 is 13.2 Å². The fourth-order valence-electron chi connectivity index (χ4n) is 4.39. The quantitative estimate of drug-likeness (QED) is 0.383. The van der Waals surface area contributed by atoms with Crippen LogP contribution in [0.25, 0.3) is 10.2 Å². The summed E-state index contributed by atoms with van der Waals surface area (Å²) in [6, 6.07) is 10.0. The van der Waals surface area contributed by atoms with Crippen LogP contribution in [0, 0.1) is 12.8 Å². The smallest absolute Gasteiger partial charge is 0.260 e. The van der Waals surface area contributed by atoms with Gasteiger partial charge in [-0.2, -0.15) is 4.31 Å². The highest BCUT2D eigenvalue weighted by molar-refractivity contribution is 7.89. The number of piperidine rings is 1. The number of fused-ring (bicyclic) bond motifs is 1. The Morgan fingerprint density at radius 1 is 1.14 bits per heavy atom. The summed E-state index contributed by atoms with van der Waals surface area (Å²) in [6.07, 6.45) is 2.50. The van der Waals surface area contributed by atoms with Crippen LogP contribution < -0.4 is 4.90 Å². The molecule has 7 nitrogen and oxygen atoms in total. The summed E-state index contributed by atoms with van der Waals surface area (Å²) in [5.41, 5.74) is 2.23. The number of benzene rings is 2. The maximum Gasteiger partial charge on any atom is 0.260 e. The van der Waals surface area contributed by atoms with Crippen LogP contribution in [0.4, 0.5) is 5.13 Å². The molecule has 0 saturated carbocycles. The molecule has 0 bridgehead atoms. The molecule has 4 rings (SSSR count). The Balaban J connectivity index is 1.61. The average Bonchev–Trinajstić information content (AvgIpc) is 3.25. The summed E-state index contributed by atoms with van der Waals surface area (Å²) in [4.78, 5) is 22.4. The molecule has 194 valence electrons. The normalized spacial score (nSPS) is 15.6. The summed E-state index contributed by atoms with van der Waals surface area (Å²) < 4.78 is 28.7. The van der Waals surface area contributed by atoms with Crippen molar-refractivity contribution in [2.45, 2.75) is 38.0 Å². The van der Waals surface area contributed by atoms with Crippen molar-refractivity contribution in [2.75, 3.05) is 45.2 Å². The van der Waals surface area contributed by atoms with E-state index in [-0.39, 0.29) is 10.8 Å². The first-order valence-corrected chi connectivity index (χ1v) is 14.8. The number of thiazole rings is 1. The van der Waals surface area contributed by atoms with Crippen molar-refractivity contribution in [3.05, 3.63) is 52.5 Å². The van der Waals surface area contributed by atoms with Crippen LogP contribution in [0.2, 0.25) is 5.02 Å². The highest BCUT2D eigenvalue weighted by Gasteiger charge is 2.29. The molecule has 1 saturated heterocycles. The number of halogens is 1. The minimum atomic E-state index is -3.57. The monoisotopic (exact) mass is 548 g/mol. The Hall–Kier alpha value is -2.04. The molecule has 1 aliphatic rings. The summed E-state index contributed by atoms with van der Waals surface area (Å²) in [5, 5.41) is 1.25. The maximum absolute atomic E-state index is 13.6. The third kappa shape index (κ3) is 5.92. The number of hydrogen-bond donors (Lipinski definition) is 0. The first-order valence-electron chi connectivity index (χ1n) is 12.2. The lowest BCUT2D eigenvalue weighted by molar-refractivity contribution is 0.0986. The minimum Gasteiger partial charge on any atom is -0.309 e. The number of amides is 1. The number of anilines is 1. The maximum atomic E-state index is 13.6. The van der Waals surface area contributed by atoms with E-state index < -0.39 is 10.0 Å². The van der Waals surface area contributed by atoms with E-state index in [0.29, 0.717) is 41.3 Å². The predicted octanol–water partition coefficient (Wildman–Crippen LogP) is 5.28. The number of sulfonamides is 1. The number of aryl methyl sites for hydroxylation is 1. The van der Waals surface area contributed by atoms with E-state index in [1.165, 1.54) is 11.3 Å². The SMILES string of the molecule is Cc1cc(Cl)cc2sc(N(CCCN(C)C)C(=O)c3ccc(S(=O)(=O)N4CCC(C)CC4)cc3)nc12. The van der Waals surface area contributed by atoms with Crippen LogP contribution in [0.1, 0.15) is 42.1 Å². The lowest BCUT2D eigenvalue weighted by atomic mass is 10.0. The fourth-order valence-corrected chi connectivity index (χ4v) is 7.30. The minimum absolute atomic E-state index is 0.202. The van der Waals surface area contributed by atoms with Crippen LogP contribution in [0.15, 0.2) is 41.3 Å². The second-order valence-electron chi connectivity index (χ2n) is 9.79. The first kappa shape index (κ1) is 27.0. The number of carbonyl (C=O) groups is 1. The van der Waals surface area contributed by atoms with Gasteiger partial charge in [0.25, 0.3) is 5.91 Å². The van der Waals surface area contributed by atoms with Gasteiger partial charge in [0.2, 0.25) is 10.0 Å². The van der Waals surface area contributed by atoms with Gasteiger partial charge in [0.15, 0.2) is 5.13 Å². The molecular weight excluding hydrogens is 516 g/mol. The number of rotatable bonds is 8. The molecular formula is C26H33ClN4O3S2. The van der Waals surface area contributed by atoms with Gasteiger partial charge in [0, 0.05) is 30.2 Å². The van der Waals surface area contributed by atoms with Crippen molar-refractivity contribution in [1.82, 2.24) is 14.2 Å². The molecule has 2 aromatic carbocycles. The predicted molar refractivity (Wildman–Crippen MR) is 148 cm³/mol. The van der Waals surface area contributed by atoms with Gasteiger partial charge in [-0.3, -0.25) is 9.69 Å². The van der Waals surface area contributed by atoms with Crippen LogP contribution in [0.5, 0.6) is 0 Å². The molecule has 36 heavy (non-hydrogen) atoms. The van der Waals surface area contributed by atoms with Crippen LogP contribution in [-0.4, -0.2) is 68.8 Å². The third-order valence-electron chi connectivity index (χ3n) is 6.58. The Morgan fingerprint density at radius 3 is 2.44 bits per heavy atom. The van der Waals surface area contributed by atoms with E-state index >= 15 is 0 Å². The van der Waals surface area contributed by atoms with E-state index in [9.17, 15) is 13.2 Å². The van der Waals surface area contributed by atoms with Gasteiger partial charge in [-0.15, -0.1) is 0 Å². The Bertz CT molecular complexity index is 1330. The van der Waals surface area contributed by atoms with E-state index in [0.717, 1.165) is 41.6 Å². The van der Waals surface area contributed by atoms with E-state index in [1.807, 2.05) is 33.2 Å². The van der Waals surface area contributed by atoms with Crippen LogP contribution in [0.3, 0.4) is 0 Å². The molecule has 0 spiro atoms. The van der Waals surface area contributed by atoms with Gasteiger partial charge in [-0.1, -0.05) is 29.9 Å². The largest absolute Gasteiger partial charge is 0.309 e. The van der Waals surface area contributed by atoms with Crippen molar-refractivity contribution in [2.24, 2.45) is 5.92 Å². The van der Waals surface area contributed by atoms with Gasteiger partial charge in [-0.25, -0.2) is 13.4 Å². The van der Waals surface area contributed by atoms with Crippen LogP contribution in [-0.2, 0) is 10.0 Å². The van der Waals surface area contributed by atoms with Gasteiger partial charge in [0.1, 0.15) is 0 Å². The topological polar surface area (TPSA) is 73.8 Å². The Morgan fingerprint density at radius 2 is 1.81 bits per heavy atom. The second kappa shape index (κ2) is 11.1.